The highest BCUT2D eigenvalue weighted by molar-refractivity contribution is 5.70. The molecule has 6 heteroatoms. The van der Waals surface area contributed by atoms with Gasteiger partial charge in [0.2, 0.25) is 5.52 Å². The molecule has 1 N–H and O–H groups in total. The van der Waals surface area contributed by atoms with Crippen molar-refractivity contribution in [3.05, 3.63) is 24.3 Å². The van der Waals surface area contributed by atoms with Gasteiger partial charge in [-0.15, -0.1) is 0 Å². The summed E-state index contributed by atoms with van der Waals surface area (Å²) in [4.78, 5) is 11.4. The standard InChI is InChI=1S/C11H16N5O/c1-12-11(16(2,3)4)17-15-10-8-6-5-7-9(10)13-14-15/h5-8H,1-4H3/q+1/p+1. The van der Waals surface area contributed by atoms with Crippen LogP contribution >= 0.6 is 0 Å². The van der Waals surface area contributed by atoms with Crippen LogP contribution in [0, 0.1) is 0 Å². The summed E-state index contributed by atoms with van der Waals surface area (Å²) in [5.41, 5.74) is 1.73. The zero-order valence-electron chi connectivity index (χ0n) is 10.5. The summed E-state index contributed by atoms with van der Waals surface area (Å²) in [6, 6.07) is 8.31. The molecule has 0 unspecified atom stereocenters. The van der Waals surface area contributed by atoms with Crippen LogP contribution in [0.2, 0.25) is 0 Å². The molecule has 0 saturated carbocycles. The second kappa shape index (κ2) is 4.14. The maximum absolute atomic E-state index is 5.70. The first-order chi connectivity index (χ1) is 8.02. The van der Waals surface area contributed by atoms with Crippen LogP contribution in [0.3, 0.4) is 0 Å². The summed E-state index contributed by atoms with van der Waals surface area (Å²) in [5, 5.41) is 6.94. The van der Waals surface area contributed by atoms with Crippen LogP contribution in [0.5, 0.6) is 0 Å². The van der Waals surface area contributed by atoms with Crippen molar-refractivity contribution in [3.63, 3.8) is 0 Å². The van der Waals surface area contributed by atoms with Gasteiger partial charge in [-0.2, -0.15) is 9.83 Å². The molecule has 0 radical (unpaired) electrons. The van der Waals surface area contributed by atoms with Crippen molar-refractivity contribution >= 4 is 17.1 Å². The third-order valence-electron chi connectivity index (χ3n) is 2.30. The molecule has 6 nitrogen and oxygen atoms in total. The molecule has 2 aromatic rings. The molecule has 0 saturated heterocycles. The van der Waals surface area contributed by atoms with Gasteiger partial charge >= 0.3 is 6.02 Å². The summed E-state index contributed by atoms with van der Waals surface area (Å²) in [6.45, 7) is 0. The van der Waals surface area contributed by atoms with Crippen LogP contribution in [0.15, 0.2) is 29.3 Å². The molecule has 0 aliphatic rings. The predicted octanol–water partition coefficient (Wildman–Crippen LogP) is -0.0290. The molecule has 1 heterocycles. The van der Waals surface area contributed by atoms with Crippen molar-refractivity contribution < 1.29 is 14.2 Å². The number of fused-ring (bicyclic) bond motifs is 1. The topological polar surface area (TPSA) is 54.1 Å². The Labute approximate surface area is 99.7 Å². The Balaban J connectivity index is 2.36. The Morgan fingerprint density at radius 2 is 2.06 bits per heavy atom. The molecule has 1 aromatic heterocycles. The molecule has 0 aliphatic heterocycles. The number of amidine groups is 1. The van der Waals surface area contributed by atoms with E-state index >= 15 is 0 Å². The van der Waals surface area contributed by atoms with Crippen molar-refractivity contribution in [1.82, 2.24) is 10.3 Å². The molecule has 0 bridgehead atoms. The molecule has 2 rings (SSSR count). The van der Waals surface area contributed by atoms with Crippen molar-refractivity contribution in [2.24, 2.45) is 4.99 Å². The van der Waals surface area contributed by atoms with Gasteiger partial charge in [0.15, 0.2) is 0 Å². The van der Waals surface area contributed by atoms with Crippen molar-refractivity contribution in [2.45, 2.75) is 0 Å². The second-order valence-corrected chi connectivity index (χ2v) is 4.60. The summed E-state index contributed by atoms with van der Waals surface area (Å²) < 4.78 is 0.497. The predicted molar refractivity (Wildman–Crippen MR) is 64.3 cm³/mol. The molecule has 0 spiro atoms. The lowest BCUT2D eigenvalue weighted by Gasteiger charge is -2.20. The number of quaternary nitrogens is 1. The van der Waals surface area contributed by atoms with E-state index in [0.717, 1.165) is 11.0 Å². The van der Waals surface area contributed by atoms with Gasteiger partial charge in [0.25, 0.3) is 5.52 Å². The Morgan fingerprint density at radius 1 is 1.35 bits per heavy atom. The SMILES string of the molecule is CN=C(O[n+]1[nH]nc2ccccc21)[N+](C)(C)C. The number of H-pyrrole nitrogens is 1. The van der Waals surface area contributed by atoms with E-state index in [-0.39, 0.29) is 0 Å². The third kappa shape index (κ3) is 2.26. The van der Waals surface area contributed by atoms with E-state index in [1.54, 1.807) is 7.05 Å². The fourth-order valence-corrected chi connectivity index (χ4v) is 1.50. The van der Waals surface area contributed by atoms with Gasteiger partial charge in [-0.25, -0.2) is 4.48 Å². The number of para-hydroxylation sites is 2. The Hall–Kier alpha value is -1.95. The van der Waals surface area contributed by atoms with Crippen molar-refractivity contribution in [2.75, 3.05) is 28.2 Å². The van der Waals surface area contributed by atoms with Gasteiger partial charge in [-0.05, 0) is 17.3 Å². The molecule has 0 amide bonds. The van der Waals surface area contributed by atoms with E-state index in [4.69, 9.17) is 4.84 Å². The minimum atomic E-state index is 0.497. The molecule has 17 heavy (non-hydrogen) atoms. The maximum atomic E-state index is 5.70. The Bertz CT molecular complexity index is 552. The van der Waals surface area contributed by atoms with Crippen molar-refractivity contribution in [3.8, 4) is 0 Å². The zero-order chi connectivity index (χ0) is 12.5. The normalized spacial score (nSPS) is 13.1. The lowest BCUT2D eigenvalue weighted by Crippen LogP contribution is -2.57. The Kier molecular flexibility index (Phi) is 2.81. The minimum absolute atomic E-state index is 0.497. The first-order valence-corrected chi connectivity index (χ1v) is 5.34. The number of aromatic nitrogens is 3. The average Bonchev–Trinajstić information content (AvgIpc) is 2.67. The number of aromatic amines is 1. The smallest absolute Gasteiger partial charge is 0.246 e. The summed E-state index contributed by atoms with van der Waals surface area (Å²) in [5.74, 6) is 0. The van der Waals surface area contributed by atoms with E-state index in [2.05, 4.69) is 15.3 Å². The van der Waals surface area contributed by atoms with Gasteiger partial charge in [0.1, 0.15) is 0 Å². The fraction of sp³-hybridized carbons (Fsp3) is 0.364. The number of nitrogens with zero attached hydrogens (tertiary/aromatic N) is 4. The quantitative estimate of drug-likeness (QED) is 0.327. The third-order valence-corrected chi connectivity index (χ3v) is 2.30. The lowest BCUT2D eigenvalue weighted by atomic mass is 10.3. The number of aliphatic imine (C=N–C) groups is 1. The van der Waals surface area contributed by atoms with Crippen LogP contribution in [-0.4, -0.2) is 49.0 Å². The summed E-state index contributed by atoms with van der Waals surface area (Å²) in [6.07, 6.45) is 0. The molecule has 1 aromatic carbocycles. The van der Waals surface area contributed by atoms with Crippen molar-refractivity contribution in [1.29, 1.82) is 0 Å². The molecule has 0 aliphatic carbocycles. The van der Waals surface area contributed by atoms with Gasteiger partial charge in [0.05, 0.1) is 21.1 Å². The molecular formula is C11H17N5O+2. The van der Waals surface area contributed by atoms with E-state index in [1.807, 2.05) is 45.4 Å². The van der Waals surface area contributed by atoms with Gasteiger partial charge in [-0.1, -0.05) is 12.1 Å². The monoisotopic (exact) mass is 235 g/mol. The maximum Gasteiger partial charge on any atom is 0.441 e. The highest BCUT2D eigenvalue weighted by Gasteiger charge is 2.25. The second-order valence-electron chi connectivity index (χ2n) is 4.60. The molecule has 0 atom stereocenters. The van der Waals surface area contributed by atoms with Gasteiger partial charge in [0, 0.05) is 17.0 Å². The first-order valence-electron chi connectivity index (χ1n) is 5.34. The van der Waals surface area contributed by atoms with Crippen LogP contribution in [0.1, 0.15) is 0 Å². The van der Waals surface area contributed by atoms with Crippen LogP contribution in [-0.2, 0) is 0 Å². The van der Waals surface area contributed by atoms with Crippen LogP contribution < -0.4 is 9.68 Å². The van der Waals surface area contributed by atoms with Crippen LogP contribution in [0.25, 0.3) is 11.0 Å². The fourth-order valence-electron chi connectivity index (χ4n) is 1.50. The summed E-state index contributed by atoms with van der Waals surface area (Å²) >= 11 is 0. The highest BCUT2D eigenvalue weighted by atomic mass is 16.7. The van der Waals surface area contributed by atoms with Crippen LogP contribution in [0.4, 0.5) is 0 Å². The lowest BCUT2D eigenvalue weighted by molar-refractivity contribution is -0.923. The van der Waals surface area contributed by atoms with E-state index in [9.17, 15) is 0 Å². The molecule has 90 valence electrons. The zero-order valence-corrected chi connectivity index (χ0v) is 10.5. The number of hydrogen-bond acceptors (Lipinski definition) is 3. The average molecular weight is 235 g/mol. The number of rotatable bonds is 1. The number of benzene rings is 1. The van der Waals surface area contributed by atoms with Gasteiger partial charge < -0.3 is 0 Å². The Morgan fingerprint density at radius 3 is 2.71 bits per heavy atom. The minimum Gasteiger partial charge on any atom is -0.246 e. The molecular weight excluding hydrogens is 218 g/mol. The first kappa shape index (κ1) is 11.5. The number of nitrogens with one attached hydrogen (secondary N) is 1. The molecule has 0 fully saturated rings. The van der Waals surface area contributed by atoms with E-state index < -0.39 is 0 Å². The van der Waals surface area contributed by atoms with E-state index in [1.165, 1.54) is 4.85 Å². The van der Waals surface area contributed by atoms with Gasteiger partial charge in [-0.3, -0.25) is 0 Å². The summed E-state index contributed by atoms with van der Waals surface area (Å²) in [7, 11) is 7.67. The highest BCUT2D eigenvalue weighted by Crippen LogP contribution is 2.03. The largest absolute Gasteiger partial charge is 0.441 e. The number of hydrogen-bond donors (Lipinski definition) is 1. The van der Waals surface area contributed by atoms with E-state index in [0.29, 0.717) is 10.5 Å².